The molecule has 0 radical (unpaired) electrons. The number of aromatic nitrogens is 3. The molecule has 4 aromatic rings. The van der Waals surface area contributed by atoms with Crippen LogP contribution >= 0.6 is 11.6 Å². The number of halogens is 4. The number of ether oxygens (including phenoxy) is 1. The molecule has 0 bridgehead atoms. The Hall–Kier alpha value is -3.98. The third-order valence-corrected chi connectivity index (χ3v) is 5.68. The predicted molar refractivity (Wildman–Crippen MR) is 130 cm³/mol. The molecule has 0 atom stereocenters. The van der Waals surface area contributed by atoms with Gasteiger partial charge in [-0.3, -0.25) is 4.79 Å². The van der Waals surface area contributed by atoms with E-state index in [1.54, 1.807) is 49.6 Å². The van der Waals surface area contributed by atoms with Gasteiger partial charge in [0.25, 0.3) is 5.91 Å². The average molecular weight is 513 g/mol. The first-order valence-electron chi connectivity index (χ1n) is 10.9. The number of benzene rings is 2. The highest BCUT2D eigenvalue weighted by Crippen LogP contribution is 2.35. The molecule has 4 rings (SSSR count). The number of carbonyl (C=O) groups excluding carboxylic acids is 1. The van der Waals surface area contributed by atoms with Gasteiger partial charge in [-0.25, -0.2) is 15.0 Å². The molecule has 6 nitrogen and oxygen atoms in total. The van der Waals surface area contributed by atoms with Gasteiger partial charge >= 0.3 is 6.18 Å². The molecule has 0 aliphatic rings. The minimum atomic E-state index is -4.61. The van der Waals surface area contributed by atoms with Crippen LogP contribution < -0.4 is 10.1 Å². The third kappa shape index (κ3) is 5.46. The van der Waals surface area contributed by atoms with Crippen molar-refractivity contribution in [1.29, 1.82) is 0 Å². The molecule has 36 heavy (non-hydrogen) atoms. The van der Waals surface area contributed by atoms with Crippen LogP contribution in [0.3, 0.4) is 0 Å². The Labute approximate surface area is 210 Å². The van der Waals surface area contributed by atoms with Crippen LogP contribution in [0.15, 0.2) is 67.0 Å². The maximum absolute atomic E-state index is 13.1. The molecule has 2 aromatic heterocycles. The topological polar surface area (TPSA) is 77.0 Å². The van der Waals surface area contributed by atoms with Gasteiger partial charge in [0.05, 0.1) is 27.4 Å². The molecule has 184 valence electrons. The van der Waals surface area contributed by atoms with Crippen LogP contribution in [-0.2, 0) is 12.6 Å². The van der Waals surface area contributed by atoms with Crippen LogP contribution in [0, 0.1) is 6.92 Å². The molecule has 0 fully saturated rings. The van der Waals surface area contributed by atoms with E-state index in [1.807, 2.05) is 13.0 Å². The van der Waals surface area contributed by atoms with Crippen molar-refractivity contribution in [3.63, 3.8) is 0 Å². The molecule has 1 N–H and O–H groups in total. The van der Waals surface area contributed by atoms with E-state index in [4.69, 9.17) is 16.3 Å². The van der Waals surface area contributed by atoms with E-state index in [0.29, 0.717) is 46.4 Å². The van der Waals surface area contributed by atoms with E-state index in [2.05, 4.69) is 20.3 Å². The van der Waals surface area contributed by atoms with Gasteiger partial charge < -0.3 is 10.1 Å². The van der Waals surface area contributed by atoms with E-state index in [0.717, 1.165) is 18.2 Å². The zero-order valence-corrected chi connectivity index (χ0v) is 20.0. The lowest BCUT2D eigenvalue weighted by molar-refractivity contribution is -0.137. The van der Waals surface area contributed by atoms with E-state index >= 15 is 0 Å². The SMILES string of the molecule is CCc1nccc(-c2cccnc2Oc2cccc(NC(=O)c3cc(C(F)(F)F)ccc3Cl)c2C)n1. The summed E-state index contributed by atoms with van der Waals surface area (Å²) in [4.78, 5) is 25.9. The minimum absolute atomic E-state index is 0.0972. The fourth-order valence-corrected chi connectivity index (χ4v) is 3.62. The van der Waals surface area contributed by atoms with E-state index in [9.17, 15) is 18.0 Å². The zero-order chi connectivity index (χ0) is 25.9. The standard InChI is InChI=1S/C26H20ClF3N4O2/c1-3-23-31-13-11-21(33-23)17-6-5-12-32-25(17)36-22-8-4-7-20(15(22)2)34-24(35)18-14-16(26(28,29)30)9-10-19(18)27/h4-14H,3H2,1-2H3,(H,34,35). The molecule has 0 unspecified atom stereocenters. The van der Waals surface area contributed by atoms with E-state index < -0.39 is 17.6 Å². The first kappa shape index (κ1) is 25.1. The monoisotopic (exact) mass is 512 g/mol. The van der Waals surface area contributed by atoms with Gasteiger partial charge in [0.15, 0.2) is 0 Å². The summed E-state index contributed by atoms with van der Waals surface area (Å²) in [5.74, 6) is 0.591. The maximum atomic E-state index is 13.1. The van der Waals surface area contributed by atoms with Gasteiger partial charge in [-0.2, -0.15) is 13.2 Å². The highest BCUT2D eigenvalue weighted by Gasteiger charge is 2.31. The summed E-state index contributed by atoms with van der Waals surface area (Å²) in [6, 6.07) is 12.9. The van der Waals surface area contributed by atoms with Gasteiger partial charge in [0.2, 0.25) is 5.88 Å². The molecule has 0 aliphatic carbocycles. The van der Waals surface area contributed by atoms with Crippen LogP contribution in [-0.4, -0.2) is 20.9 Å². The predicted octanol–water partition coefficient (Wildman–Crippen LogP) is 7.13. The first-order chi connectivity index (χ1) is 17.2. The summed E-state index contributed by atoms with van der Waals surface area (Å²) in [6.45, 7) is 3.66. The molecular formula is C26H20ClF3N4O2. The summed E-state index contributed by atoms with van der Waals surface area (Å²) in [5.41, 5.74) is 0.927. The Morgan fingerprint density at radius 2 is 1.86 bits per heavy atom. The fraction of sp³-hybridized carbons (Fsp3) is 0.154. The quantitative estimate of drug-likeness (QED) is 0.297. The lowest BCUT2D eigenvalue weighted by Gasteiger charge is -2.15. The van der Waals surface area contributed by atoms with Gasteiger partial charge in [-0.05, 0) is 55.5 Å². The normalized spacial score (nSPS) is 11.3. The fourth-order valence-electron chi connectivity index (χ4n) is 3.42. The van der Waals surface area contributed by atoms with Gasteiger partial charge in [-0.15, -0.1) is 0 Å². The zero-order valence-electron chi connectivity index (χ0n) is 19.2. The number of nitrogens with zero attached hydrogens (tertiary/aromatic N) is 3. The molecule has 0 spiro atoms. The lowest BCUT2D eigenvalue weighted by Crippen LogP contribution is -2.15. The highest BCUT2D eigenvalue weighted by molar-refractivity contribution is 6.34. The van der Waals surface area contributed by atoms with Crippen molar-refractivity contribution in [2.24, 2.45) is 0 Å². The van der Waals surface area contributed by atoms with Crippen molar-refractivity contribution in [3.05, 3.63) is 94.5 Å². The third-order valence-electron chi connectivity index (χ3n) is 5.35. The highest BCUT2D eigenvalue weighted by atomic mass is 35.5. The Morgan fingerprint density at radius 3 is 2.61 bits per heavy atom. The Kier molecular flexibility index (Phi) is 7.21. The largest absolute Gasteiger partial charge is 0.438 e. The van der Waals surface area contributed by atoms with Crippen LogP contribution in [0.5, 0.6) is 11.6 Å². The number of rotatable bonds is 6. The van der Waals surface area contributed by atoms with Crippen LogP contribution in [0.25, 0.3) is 11.3 Å². The van der Waals surface area contributed by atoms with Gasteiger partial charge in [0, 0.05) is 30.1 Å². The van der Waals surface area contributed by atoms with Crippen molar-refractivity contribution >= 4 is 23.2 Å². The second-order valence-electron chi connectivity index (χ2n) is 7.75. The minimum Gasteiger partial charge on any atom is -0.438 e. The molecule has 2 heterocycles. The van der Waals surface area contributed by atoms with Crippen LogP contribution in [0.1, 0.15) is 34.2 Å². The van der Waals surface area contributed by atoms with Crippen LogP contribution in [0.4, 0.5) is 18.9 Å². The first-order valence-corrected chi connectivity index (χ1v) is 11.3. The van der Waals surface area contributed by atoms with Crippen molar-refractivity contribution in [2.45, 2.75) is 26.4 Å². The van der Waals surface area contributed by atoms with Crippen molar-refractivity contribution in [3.8, 4) is 22.9 Å². The maximum Gasteiger partial charge on any atom is 0.416 e. The van der Waals surface area contributed by atoms with E-state index in [1.165, 1.54) is 0 Å². The van der Waals surface area contributed by atoms with Crippen LogP contribution in [0.2, 0.25) is 5.02 Å². The van der Waals surface area contributed by atoms with Gasteiger partial charge in [0.1, 0.15) is 11.6 Å². The average Bonchev–Trinajstić information content (AvgIpc) is 2.86. The number of amides is 1. The molecule has 0 saturated carbocycles. The Morgan fingerprint density at radius 1 is 1.06 bits per heavy atom. The van der Waals surface area contributed by atoms with Crippen molar-refractivity contribution in [2.75, 3.05) is 5.32 Å². The molecule has 10 heteroatoms. The molecule has 0 saturated heterocycles. The van der Waals surface area contributed by atoms with Crippen molar-refractivity contribution in [1.82, 2.24) is 15.0 Å². The lowest BCUT2D eigenvalue weighted by atomic mass is 10.1. The summed E-state index contributed by atoms with van der Waals surface area (Å²) in [6.07, 6.45) is -0.693. The van der Waals surface area contributed by atoms with Gasteiger partial charge in [-0.1, -0.05) is 24.6 Å². The molecule has 2 aromatic carbocycles. The number of hydrogen-bond donors (Lipinski definition) is 1. The summed E-state index contributed by atoms with van der Waals surface area (Å²) < 4.78 is 45.4. The molecule has 0 aliphatic heterocycles. The number of alkyl halides is 3. The number of pyridine rings is 1. The summed E-state index contributed by atoms with van der Waals surface area (Å²) >= 11 is 6.01. The number of carbonyl (C=O) groups is 1. The van der Waals surface area contributed by atoms with Crippen molar-refractivity contribution < 1.29 is 22.7 Å². The second kappa shape index (κ2) is 10.3. The molecular weight excluding hydrogens is 493 g/mol. The number of aryl methyl sites for hydroxylation is 1. The smallest absolute Gasteiger partial charge is 0.416 e. The summed E-state index contributed by atoms with van der Waals surface area (Å²) in [7, 11) is 0. The number of nitrogens with one attached hydrogen (secondary N) is 1. The number of anilines is 1. The van der Waals surface area contributed by atoms with E-state index in [-0.39, 0.29) is 10.6 Å². The summed E-state index contributed by atoms with van der Waals surface area (Å²) in [5, 5.41) is 2.52. The molecule has 1 amide bonds. The Bertz CT molecular complexity index is 1430. The second-order valence-corrected chi connectivity index (χ2v) is 8.15. The Balaban J connectivity index is 1.62. The number of hydrogen-bond acceptors (Lipinski definition) is 5.